The molecule has 0 saturated heterocycles. The standard InChI is InChI=1S/C23H20N6O/c1-13(2)23(30)26-17-8-16(11-24-12-17)14-5-6-19-18(9-14)21(29-28-19)20-10-15-4-3-7-25-22(15)27-20/h3-13H,1-2H3,(H,25,27)(H,26,30)(H,28,29). The predicted octanol–water partition coefficient (Wildman–Crippen LogP) is 4.76. The maximum absolute atomic E-state index is 12.0. The van der Waals surface area contributed by atoms with Crippen LogP contribution in [0.2, 0.25) is 0 Å². The first kappa shape index (κ1) is 18.1. The Bertz CT molecular complexity index is 1350. The van der Waals surface area contributed by atoms with E-state index in [4.69, 9.17) is 0 Å². The number of fused-ring (bicyclic) bond motifs is 2. The molecule has 0 spiro atoms. The van der Waals surface area contributed by atoms with E-state index < -0.39 is 0 Å². The molecule has 1 aromatic carbocycles. The lowest BCUT2D eigenvalue weighted by Crippen LogP contribution is -2.17. The van der Waals surface area contributed by atoms with Crippen LogP contribution in [-0.4, -0.2) is 31.1 Å². The first-order chi connectivity index (χ1) is 14.6. The highest BCUT2D eigenvalue weighted by Gasteiger charge is 2.13. The zero-order valence-corrected chi connectivity index (χ0v) is 16.6. The molecule has 0 bridgehead atoms. The Labute approximate surface area is 172 Å². The van der Waals surface area contributed by atoms with Crippen molar-refractivity contribution in [2.75, 3.05) is 5.32 Å². The Kier molecular flexibility index (Phi) is 4.28. The summed E-state index contributed by atoms with van der Waals surface area (Å²) in [5.41, 5.74) is 6.11. The summed E-state index contributed by atoms with van der Waals surface area (Å²) in [4.78, 5) is 24.0. The second-order valence-corrected chi connectivity index (χ2v) is 7.56. The van der Waals surface area contributed by atoms with Gasteiger partial charge in [0.25, 0.3) is 0 Å². The van der Waals surface area contributed by atoms with Gasteiger partial charge in [0.05, 0.1) is 23.1 Å². The summed E-state index contributed by atoms with van der Waals surface area (Å²) in [6, 6.07) is 14.0. The predicted molar refractivity (Wildman–Crippen MR) is 118 cm³/mol. The number of anilines is 1. The van der Waals surface area contributed by atoms with Crippen LogP contribution in [0.25, 0.3) is 44.5 Å². The minimum atomic E-state index is -0.0932. The number of rotatable bonds is 4. The average Bonchev–Trinajstić information content (AvgIpc) is 3.37. The molecule has 0 unspecified atom stereocenters. The lowest BCUT2D eigenvalue weighted by molar-refractivity contribution is -0.118. The van der Waals surface area contributed by atoms with Gasteiger partial charge >= 0.3 is 0 Å². The van der Waals surface area contributed by atoms with Crippen LogP contribution in [0.15, 0.2) is 61.1 Å². The number of benzene rings is 1. The van der Waals surface area contributed by atoms with Crippen LogP contribution in [0.5, 0.6) is 0 Å². The fourth-order valence-electron chi connectivity index (χ4n) is 3.44. The lowest BCUT2D eigenvalue weighted by Gasteiger charge is -2.09. The summed E-state index contributed by atoms with van der Waals surface area (Å²) in [7, 11) is 0. The van der Waals surface area contributed by atoms with Crippen molar-refractivity contribution in [2.24, 2.45) is 5.92 Å². The molecule has 3 N–H and O–H groups in total. The number of nitrogens with one attached hydrogen (secondary N) is 3. The minimum absolute atomic E-state index is 0.0334. The van der Waals surface area contributed by atoms with E-state index >= 15 is 0 Å². The minimum Gasteiger partial charge on any atom is -0.338 e. The van der Waals surface area contributed by atoms with Gasteiger partial charge in [0.1, 0.15) is 11.3 Å². The molecule has 0 saturated carbocycles. The Morgan fingerprint density at radius 3 is 2.80 bits per heavy atom. The molecular weight excluding hydrogens is 376 g/mol. The first-order valence-electron chi connectivity index (χ1n) is 9.77. The third kappa shape index (κ3) is 3.20. The highest BCUT2D eigenvalue weighted by molar-refractivity contribution is 5.97. The van der Waals surface area contributed by atoms with Crippen LogP contribution in [0.3, 0.4) is 0 Å². The van der Waals surface area contributed by atoms with Crippen molar-refractivity contribution in [2.45, 2.75) is 13.8 Å². The molecule has 1 amide bonds. The quantitative estimate of drug-likeness (QED) is 0.408. The normalized spacial score (nSPS) is 11.4. The maximum atomic E-state index is 12.0. The lowest BCUT2D eigenvalue weighted by atomic mass is 10.0. The maximum Gasteiger partial charge on any atom is 0.226 e. The summed E-state index contributed by atoms with van der Waals surface area (Å²) < 4.78 is 0. The first-order valence-corrected chi connectivity index (χ1v) is 9.77. The van der Waals surface area contributed by atoms with Gasteiger partial charge in [-0.1, -0.05) is 19.9 Å². The molecule has 0 aliphatic heterocycles. The van der Waals surface area contributed by atoms with Crippen molar-refractivity contribution in [1.82, 2.24) is 25.1 Å². The number of amides is 1. The van der Waals surface area contributed by atoms with E-state index in [2.05, 4.69) is 36.5 Å². The van der Waals surface area contributed by atoms with Crippen molar-refractivity contribution in [3.05, 3.63) is 61.1 Å². The van der Waals surface area contributed by atoms with Gasteiger partial charge in [-0.3, -0.25) is 14.9 Å². The number of carbonyl (C=O) groups is 1. The molecule has 4 aromatic heterocycles. The number of pyridine rings is 2. The van der Waals surface area contributed by atoms with Gasteiger partial charge in [-0.15, -0.1) is 0 Å². The molecule has 0 fully saturated rings. The molecule has 0 aliphatic rings. The van der Waals surface area contributed by atoms with Gasteiger partial charge in [0, 0.05) is 34.6 Å². The van der Waals surface area contributed by atoms with Crippen LogP contribution >= 0.6 is 0 Å². The molecule has 0 aliphatic carbocycles. The molecule has 7 heteroatoms. The van der Waals surface area contributed by atoms with Gasteiger partial charge < -0.3 is 10.3 Å². The van der Waals surface area contributed by atoms with Crippen molar-refractivity contribution >= 4 is 33.5 Å². The summed E-state index contributed by atoms with van der Waals surface area (Å²) in [5, 5.41) is 12.6. The zero-order valence-electron chi connectivity index (χ0n) is 16.6. The molecule has 30 heavy (non-hydrogen) atoms. The molecule has 4 heterocycles. The van der Waals surface area contributed by atoms with E-state index in [1.54, 1.807) is 18.6 Å². The summed E-state index contributed by atoms with van der Waals surface area (Å²) in [6.45, 7) is 3.72. The van der Waals surface area contributed by atoms with E-state index in [0.29, 0.717) is 5.69 Å². The van der Waals surface area contributed by atoms with Gasteiger partial charge in [-0.2, -0.15) is 5.10 Å². The number of aromatic nitrogens is 5. The van der Waals surface area contributed by atoms with Crippen molar-refractivity contribution in [3.8, 4) is 22.5 Å². The molecule has 5 aromatic rings. The second kappa shape index (κ2) is 7.11. The highest BCUT2D eigenvalue weighted by atomic mass is 16.1. The van der Waals surface area contributed by atoms with E-state index in [1.807, 2.05) is 50.2 Å². The number of hydrogen-bond donors (Lipinski definition) is 3. The van der Waals surface area contributed by atoms with Crippen LogP contribution in [-0.2, 0) is 4.79 Å². The fourth-order valence-corrected chi connectivity index (χ4v) is 3.44. The summed E-state index contributed by atoms with van der Waals surface area (Å²) >= 11 is 0. The largest absolute Gasteiger partial charge is 0.338 e. The monoisotopic (exact) mass is 396 g/mol. The van der Waals surface area contributed by atoms with Crippen molar-refractivity contribution in [3.63, 3.8) is 0 Å². The molecule has 7 nitrogen and oxygen atoms in total. The van der Waals surface area contributed by atoms with Gasteiger partial charge in [-0.05, 0) is 42.0 Å². The topological polar surface area (TPSA) is 99.3 Å². The Balaban J connectivity index is 1.55. The second-order valence-electron chi connectivity index (χ2n) is 7.56. The molecule has 0 radical (unpaired) electrons. The number of nitrogens with zero attached hydrogens (tertiary/aromatic N) is 3. The molecular formula is C23H20N6O. The summed E-state index contributed by atoms with van der Waals surface area (Å²) in [6.07, 6.45) is 5.21. The summed E-state index contributed by atoms with van der Waals surface area (Å²) in [5.74, 6) is -0.127. The number of hydrogen-bond acceptors (Lipinski definition) is 4. The van der Waals surface area contributed by atoms with E-state index in [9.17, 15) is 4.79 Å². The van der Waals surface area contributed by atoms with Crippen LogP contribution < -0.4 is 5.32 Å². The molecule has 5 rings (SSSR count). The Hall–Kier alpha value is -4.00. The van der Waals surface area contributed by atoms with Gasteiger partial charge in [0.2, 0.25) is 5.91 Å². The zero-order chi connectivity index (χ0) is 20.7. The van der Waals surface area contributed by atoms with E-state index in [-0.39, 0.29) is 11.8 Å². The third-order valence-corrected chi connectivity index (χ3v) is 5.07. The van der Waals surface area contributed by atoms with Gasteiger partial charge in [-0.25, -0.2) is 4.98 Å². The van der Waals surface area contributed by atoms with Gasteiger partial charge in [0.15, 0.2) is 0 Å². The average molecular weight is 396 g/mol. The third-order valence-electron chi connectivity index (χ3n) is 5.07. The van der Waals surface area contributed by atoms with Crippen LogP contribution in [0, 0.1) is 5.92 Å². The van der Waals surface area contributed by atoms with Crippen LogP contribution in [0.1, 0.15) is 13.8 Å². The number of aromatic amines is 2. The smallest absolute Gasteiger partial charge is 0.226 e. The number of H-pyrrole nitrogens is 2. The number of carbonyl (C=O) groups excluding carboxylic acids is 1. The SMILES string of the molecule is CC(C)C(=O)Nc1cncc(-c2ccc3[nH]nc(-c4cc5cccnc5[nH]4)c3c2)c1. The van der Waals surface area contributed by atoms with E-state index in [1.165, 1.54) is 0 Å². The van der Waals surface area contributed by atoms with E-state index in [0.717, 1.165) is 44.5 Å². The Morgan fingerprint density at radius 2 is 1.97 bits per heavy atom. The van der Waals surface area contributed by atoms with Crippen molar-refractivity contribution in [1.29, 1.82) is 0 Å². The highest BCUT2D eigenvalue weighted by Crippen LogP contribution is 2.31. The van der Waals surface area contributed by atoms with Crippen LogP contribution in [0.4, 0.5) is 5.69 Å². The molecule has 0 atom stereocenters. The fraction of sp³-hybridized carbons (Fsp3) is 0.130. The van der Waals surface area contributed by atoms with Crippen molar-refractivity contribution < 1.29 is 4.79 Å². The Morgan fingerprint density at radius 1 is 1.07 bits per heavy atom. The molecule has 148 valence electrons.